The van der Waals surface area contributed by atoms with E-state index in [0.717, 1.165) is 30.2 Å². The van der Waals surface area contributed by atoms with Crippen molar-refractivity contribution in [3.63, 3.8) is 0 Å². The Morgan fingerprint density at radius 1 is 1.00 bits per heavy atom. The summed E-state index contributed by atoms with van der Waals surface area (Å²) in [6.07, 6.45) is 0. The number of hydrogen-bond acceptors (Lipinski definition) is 5. The molecule has 0 spiro atoms. The molecular formula is C17H20FN5. The molecule has 4 heterocycles. The number of benzene rings is 1. The second kappa shape index (κ2) is 6.22. The SMILES string of the molecule is Fc1ccc(-c2ccc(NCC3CN4CCN3CC4)nn2)cc1. The predicted molar refractivity (Wildman–Crippen MR) is 87.7 cm³/mol. The first-order valence-electron chi connectivity index (χ1n) is 8.08. The lowest BCUT2D eigenvalue weighted by Crippen LogP contribution is -2.62. The van der Waals surface area contributed by atoms with Crippen molar-refractivity contribution in [2.24, 2.45) is 0 Å². The molecular weight excluding hydrogens is 293 g/mol. The molecule has 5 rings (SSSR count). The standard InChI is InChI=1S/C17H20FN5/c18-14-3-1-13(2-4-14)16-5-6-17(21-20-16)19-11-15-12-22-7-9-23(15)10-8-22/h1-6,15H,7-12H2,(H,19,21). The van der Waals surface area contributed by atoms with Crippen LogP contribution in [0, 0.1) is 5.82 Å². The molecule has 0 aliphatic carbocycles. The van der Waals surface area contributed by atoms with Crippen LogP contribution in [-0.2, 0) is 0 Å². The van der Waals surface area contributed by atoms with Gasteiger partial charge in [0.2, 0.25) is 0 Å². The maximum Gasteiger partial charge on any atom is 0.148 e. The van der Waals surface area contributed by atoms with E-state index in [1.54, 1.807) is 12.1 Å². The molecule has 2 bridgehead atoms. The van der Waals surface area contributed by atoms with E-state index in [4.69, 9.17) is 0 Å². The molecule has 3 aliphatic rings. The number of halogens is 1. The molecule has 3 saturated heterocycles. The Bertz CT molecular complexity index is 650. The van der Waals surface area contributed by atoms with Crippen LogP contribution in [0.15, 0.2) is 36.4 Å². The maximum atomic E-state index is 13.0. The molecule has 1 aromatic heterocycles. The molecule has 3 aliphatic heterocycles. The van der Waals surface area contributed by atoms with Crippen molar-refractivity contribution in [1.29, 1.82) is 0 Å². The summed E-state index contributed by atoms with van der Waals surface area (Å²) in [5.41, 5.74) is 1.62. The second-order valence-electron chi connectivity index (χ2n) is 6.18. The third-order valence-corrected chi connectivity index (χ3v) is 4.72. The van der Waals surface area contributed by atoms with Crippen LogP contribution in [0.3, 0.4) is 0 Å². The van der Waals surface area contributed by atoms with Crippen molar-refractivity contribution < 1.29 is 4.39 Å². The smallest absolute Gasteiger partial charge is 0.148 e. The Labute approximate surface area is 135 Å². The minimum absolute atomic E-state index is 0.243. The van der Waals surface area contributed by atoms with Gasteiger partial charge in [-0.3, -0.25) is 9.80 Å². The van der Waals surface area contributed by atoms with Crippen molar-refractivity contribution in [1.82, 2.24) is 20.0 Å². The zero-order chi connectivity index (χ0) is 15.6. The average Bonchev–Trinajstić information content (AvgIpc) is 2.62. The van der Waals surface area contributed by atoms with E-state index in [2.05, 4.69) is 25.3 Å². The largest absolute Gasteiger partial charge is 0.367 e. The molecule has 120 valence electrons. The third kappa shape index (κ3) is 3.18. The molecule has 6 heteroatoms. The van der Waals surface area contributed by atoms with Gasteiger partial charge in [-0.1, -0.05) is 0 Å². The Morgan fingerprint density at radius 3 is 2.39 bits per heavy atom. The normalized spacial score (nSPS) is 26.2. The topological polar surface area (TPSA) is 44.3 Å². The summed E-state index contributed by atoms with van der Waals surface area (Å²) in [4.78, 5) is 5.07. The van der Waals surface area contributed by atoms with Crippen LogP contribution in [0.1, 0.15) is 0 Å². The fourth-order valence-corrected chi connectivity index (χ4v) is 3.34. The monoisotopic (exact) mass is 313 g/mol. The van der Waals surface area contributed by atoms with Gasteiger partial charge in [0, 0.05) is 50.9 Å². The van der Waals surface area contributed by atoms with Crippen molar-refractivity contribution in [2.75, 3.05) is 44.6 Å². The minimum atomic E-state index is -0.243. The van der Waals surface area contributed by atoms with Gasteiger partial charge in [0.25, 0.3) is 0 Å². The summed E-state index contributed by atoms with van der Waals surface area (Å²) in [6.45, 7) is 6.75. The number of nitrogens with one attached hydrogen (secondary N) is 1. The molecule has 5 nitrogen and oxygen atoms in total. The van der Waals surface area contributed by atoms with Crippen LogP contribution >= 0.6 is 0 Å². The highest BCUT2D eigenvalue weighted by Gasteiger charge is 2.31. The van der Waals surface area contributed by atoms with Crippen LogP contribution in [0.4, 0.5) is 10.2 Å². The first-order valence-corrected chi connectivity index (χ1v) is 8.08. The van der Waals surface area contributed by atoms with Crippen molar-refractivity contribution in [3.05, 3.63) is 42.2 Å². The molecule has 2 aromatic rings. The van der Waals surface area contributed by atoms with Crippen LogP contribution in [-0.4, -0.2) is 65.3 Å². The fourth-order valence-electron chi connectivity index (χ4n) is 3.34. The zero-order valence-electron chi connectivity index (χ0n) is 13.0. The van der Waals surface area contributed by atoms with Gasteiger partial charge in [-0.25, -0.2) is 4.39 Å². The van der Waals surface area contributed by atoms with Crippen molar-refractivity contribution in [3.8, 4) is 11.3 Å². The summed E-state index contributed by atoms with van der Waals surface area (Å²) in [5, 5.41) is 11.9. The number of piperazine rings is 3. The second-order valence-corrected chi connectivity index (χ2v) is 6.18. The Morgan fingerprint density at radius 2 is 1.78 bits per heavy atom. The molecule has 3 fully saturated rings. The van der Waals surface area contributed by atoms with E-state index in [0.29, 0.717) is 6.04 Å². The highest BCUT2D eigenvalue weighted by molar-refractivity contribution is 5.59. The van der Waals surface area contributed by atoms with E-state index in [9.17, 15) is 4.39 Å². The lowest BCUT2D eigenvalue weighted by molar-refractivity contribution is 0.0189. The summed E-state index contributed by atoms with van der Waals surface area (Å²) >= 11 is 0. The maximum absolute atomic E-state index is 13.0. The molecule has 1 unspecified atom stereocenters. The van der Waals surface area contributed by atoms with E-state index in [-0.39, 0.29) is 5.82 Å². The van der Waals surface area contributed by atoms with Gasteiger partial charge in [0.05, 0.1) is 5.69 Å². The molecule has 0 amide bonds. The van der Waals surface area contributed by atoms with Gasteiger partial charge in [0.1, 0.15) is 11.6 Å². The molecule has 1 atom stereocenters. The number of nitrogens with zero attached hydrogens (tertiary/aromatic N) is 4. The molecule has 1 N–H and O–H groups in total. The lowest BCUT2D eigenvalue weighted by Gasteiger charge is -2.47. The summed E-state index contributed by atoms with van der Waals surface area (Å²) in [6, 6.07) is 10.7. The quantitative estimate of drug-likeness (QED) is 0.931. The Hall–Kier alpha value is -2.05. The van der Waals surface area contributed by atoms with Crippen molar-refractivity contribution in [2.45, 2.75) is 6.04 Å². The highest BCUT2D eigenvalue weighted by atomic mass is 19.1. The summed E-state index contributed by atoms with van der Waals surface area (Å²) < 4.78 is 13.0. The number of rotatable bonds is 4. The van der Waals surface area contributed by atoms with Crippen molar-refractivity contribution >= 4 is 5.82 Å². The van der Waals surface area contributed by atoms with Gasteiger partial charge < -0.3 is 5.32 Å². The van der Waals surface area contributed by atoms with E-state index in [1.165, 1.54) is 38.3 Å². The Kier molecular flexibility index (Phi) is 3.93. The van der Waals surface area contributed by atoms with Crippen LogP contribution < -0.4 is 5.32 Å². The van der Waals surface area contributed by atoms with Gasteiger partial charge in [-0.05, 0) is 36.4 Å². The van der Waals surface area contributed by atoms with Gasteiger partial charge >= 0.3 is 0 Å². The molecule has 23 heavy (non-hydrogen) atoms. The molecule has 0 saturated carbocycles. The first kappa shape index (κ1) is 14.5. The number of hydrogen-bond donors (Lipinski definition) is 1. The number of anilines is 1. The molecule has 0 radical (unpaired) electrons. The summed E-state index contributed by atoms with van der Waals surface area (Å²) in [5.74, 6) is 0.543. The minimum Gasteiger partial charge on any atom is -0.367 e. The fraction of sp³-hybridized carbons (Fsp3) is 0.412. The zero-order valence-corrected chi connectivity index (χ0v) is 13.0. The molecule has 1 aromatic carbocycles. The van der Waals surface area contributed by atoms with Crippen LogP contribution in [0.2, 0.25) is 0 Å². The predicted octanol–water partition coefficient (Wildman–Crippen LogP) is 1.69. The van der Waals surface area contributed by atoms with Gasteiger partial charge in [-0.2, -0.15) is 0 Å². The van der Waals surface area contributed by atoms with Gasteiger partial charge in [0.15, 0.2) is 0 Å². The van der Waals surface area contributed by atoms with Gasteiger partial charge in [-0.15, -0.1) is 10.2 Å². The number of fused-ring (bicyclic) bond motifs is 3. The Balaban J connectivity index is 1.38. The lowest BCUT2D eigenvalue weighted by atomic mass is 10.1. The van der Waals surface area contributed by atoms with E-state index in [1.807, 2.05) is 12.1 Å². The third-order valence-electron chi connectivity index (χ3n) is 4.72. The summed E-state index contributed by atoms with van der Waals surface area (Å²) in [7, 11) is 0. The highest BCUT2D eigenvalue weighted by Crippen LogP contribution is 2.19. The van der Waals surface area contributed by atoms with E-state index < -0.39 is 0 Å². The number of aromatic nitrogens is 2. The van der Waals surface area contributed by atoms with Crippen LogP contribution in [0.25, 0.3) is 11.3 Å². The average molecular weight is 313 g/mol. The first-order chi connectivity index (χ1) is 11.3. The van der Waals surface area contributed by atoms with E-state index >= 15 is 0 Å². The van der Waals surface area contributed by atoms with Crippen LogP contribution in [0.5, 0.6) is 0 Å².